The minimum Gasteiger partial charge on any atom is -0.342 e. The fraction of sp³-hybridized carbons (Fsp3) is 0.478. The van der Waals surface area contributed by atoms with Gasteiger partial charge in [-0.05, 0) is 55.4 Å². The van der Waals surface area contributed by atoms with Crippen molar-refractivity contribution in [3.05, 3.63) is 45.2 Å². The normalized spacial score (nSPS) is 23.2. The smallest absolute Gasteiger partial charge is 0.258 e. The number of nitrogens with one attached hydrogen (secondary N) is 3. The van der Waals surface area contributed by atoms with Crippen molar-refractivity contribution in [3.8, 4) is 0 Å². The Bertz CT molecular complexity index is 1060. The molecule has 31 heavy (non-hydrogen) atoms. The first-order valence-electron chi connectivity index (χ1n) is 10.8. The summed E-state index contributed by atoms with van der Waals surface area (Å²) in [6.45, 7) is 9.82. The number of carbonyl (C=O) groups excluding carboxylic acids is 2. The highest BCUT2D eigenvalue weighted by molar-refractivity contribution is 6.04. The molecule has 2 aromatic rings. The number of piperidine rings is 1. The summed E-state index contributed by atoms with van der Waals surface area (Å²) in [4.78, 5) is 47.9. The van der Waals surface area contributed by atoms with Crippen LogP contribution in [-0.4, -0.2) is 34.9 Å². The second kappa shape index (κ2) is 8.17. The molecule has 3 N–H and O–H groups in total. The van der Waals surface area contributed by atoms with Gasteiger partial charge in [-0.1, -0.05) is 19.9 Å². The number of anilines is 3. The molecule has 8 heteroatoms. The van der Waals surface area contributed by atoms with Gasteiger partial charge in [-0.25, -0.2) is 0 Å². The van der Waals surface area contributed by atoms with Gasteiger partial charge in [0.1, 0.15) is 5.82 Å². The summed E-state index contributed by atoms with van der Waals surface area (Å²) in [5.41, 5.74) is 2.51. The molecule has 0 aliphatic carbocycles. The van der Waals surface area contributed by atoms with Gasteiger partial charge < -0.3 is 15.5 Å². The molecule has 0 unspecified atom stereocenters. The molecule has 3 heterocycles. The van der Waals surface area contributed by atoms with Crippen molar-refractivity contribution < 1.29 is 9.59 Å². The monoisotopic (exact) mass is 423 g/mol. The number of carbonyl (C=O) groups is 2. The number of amides is 2. The average molecular weight is 424 g/mol. The number of benzene rings is 1. The molecule has 0 spiro atoms. The van der Waals surface area contributed by atoms with Gasteiger partial charge in [-0.2, -0.15) is 4.98 Å². The Hall–Kier alpha value is -3.16. The fourth-order valence-corrected chi connectivity index (χ4v) is 4.85. The number of aromatic amines is 1. The SMILES string of the molecule is Cc1cc(C)cc(NC(=O)[C@@H]2CC(=O)Nc3nc(N4C[C@@H](C)C[C@H](C)C4)[nH]c(=O)c32)c1. The summed E-state index contributed by atoms with van der Waals surface area (Å²) in [5.74, 6) is -0.0146. The van der Waals surface area contributed by atoms with Crippen LogP contribution in [0, 0.1) is 25.7 Å². The van der Waals surface area contributed by atoms with Gasteiger partial charge in [0.2, 0.25) is 17.8 Å². The summed E-state index contributed by atoms with van der Waals surface area (Å²) in [6.07, 6.45) is 1.04. The molecule has 8 nitrogen and oxygen atoms in total. The van der Waals surface area contributed by atoms with Crippen LogP contribution in [-0.2, 0) is 9.59 Å². The number of rotatable bonds is 3. The Morgan fingerprint density at radius 1 is 1.10 bits per heavy atom. The van der Waals surface area contributed by atoms with E-state index in [9.17, 15) is 14.4 Å². The Labute approximate surface area is 181 Å². The lowest BCUT2D eigenvalue weighted by atomic mass is 9.91. The second-order valence-corrected chi connectivity index (χ2v) is 9.17. The van der Waals surface area contributed by atoms with Crippen molar-refractivity contribution in [2.45, 2.75) is 46.5 Å². The molecule has 1 aromatic carbocycles. The van der Waals surface area contributed by atoms with E-state index >= 15 is 0 Å². The van der Waals surface area contributed by atoms with E-state index in [2.05, 4.69) is 34.4 Å². The van der Waals surface area contributed by atoms with E-state index in [1.54, 1.807) is 0 Å². The summed E-state index contributed by atoms with van der Waals surface area (Å²) >= 11 is 0. The van der Waals surface area contributed by atoms with Gasteiger partial charge in [0, 0.05) is 25.2 Å². The lowest BCUT2D eigenvalue weighted by Gasteiger charge is -2.35. The maximum Gasteiger partial charge on any atom is 0.258 e. The van der Waals surface area contributed by atoms with Crippen molar-refractivity contribution in [1.29, 1.82) is 0 Å². The molecule has 0 saturated carbocycles. The van der Waals surface area contributed by atoms with Crippen LogP contribution >= 0.6 is 0 Å². The van der Waals surface area contributed by atoms with Gasteiger partial charge in [0.25, 0.3) is 5.56 Å². The number of hydrogen-bond acceptors (Lipinski definition) is 5. The summed E-state index contributed by atoms with van der Waals surface area (Å²) in [6, 6.07) is 5.73. The molecular formula is C23H29N5O3. The van der Waals surface area contributed by atoms with E-state index in [1.807, 2.05) is 36.9 Å². The molecule has 3 atom stereocenters. The van der Waals surface area contributed by atoms with Gasteiger partial charge in [-0.3, -0.25) is 19.4 Å². The van der Waals surface area contributed by atoms with Crippen molar-refractivity contribution in [2.24, 2.45) is 11.8 Å². The van der Waals surface area contributed by atoms with Gasteiger partial charge in [0.05, 0.1) is 11.5 Å². The summed E-state index contributed by atoms with van der Waals surface area (Å²) in [5, 5.41) is 5.55. The third-order valence-electron chi connectivity index (χ3n) is 5.91. The lowest BCUT2D eigenvalue weighted by molar-refractivity contribution is -0.123. The molecular weight excluding hydrogens is 394 g/mol. The zero-order valence-corrected chi connectivity index (χ0v) is 18.4. The van der Waals surface area contributed by atoms with E-state index in [-0.39, 0.29) is 35.2 Å². The summed E-state index contributed by atoms with van der Waals surface area (Å²) < 4.78 is 0. The Morgan fingerprint density at radius 2 is 1.74 bits per heavy atom. The molecule has 164 valence electrons. The first kappa shape index (κ1) is 21.1. The number of H-pyrrole nitrogens is 1. The highest BCUT2D eigenvalue weighted by atomic mass is 16.2. The highest BCUT2D eigenvalue weighted by Crippen LogP contribution is 2.31. The van der Waals surface area contributed by atoms with Crippen LogP contribution in [0.15, 0.2) is 23.0 Å². The van der Waals surface area contributed by atoms with Crippen molar-refractivity contribution in [1.82, 2.24) is 9.97 Å². The van der Waals surface area contributed by atoms with E-state index in [0.29, 0.717) is 23.5 Å². The molecule has 1 saturated heterocycles. The Balaban J connectivity index is 1.65. The number of fused-ring (bicyclic) bond motifs is 1. The van der Waals surface area contributed by atoms with Crippen LogP contribution in [0.4, 0.5) is 17.5 Å². The molecule has 0 radical (unpaired) electrons. The molecule has 1 fully saturated rings. The molecule has 1 aromatic heterocycles. The van der Waals surface area contributed by atoms with Gasteiger partial charge >= 0.3 is 0 Å². The first-order valence-corrected chi connectivity index (χ1v) is 10.8. The van der Waals surface area contributed by atoms with Crippen LogP contribution < -0.4 is 21.1 Å². The quantitative estimate of drug-likeness (QED) is 0.704. The van der Waals surface area contributed by atoms with E-state index < -0.39 is 5.92 Å². The zero-order chi connectivity index (χ0) is 22.3. The minimum atomic E-state index is -0.894. The number of aryl methyl sites for hydroxylation is 2. The number of hydrogen-bond donors (Lipinski definition) is 3. The lowest BCUT2D eigenvalue weighted by Crippen LogP contribution is -2.42. The Kier molecular flexibility index (Phi) is 5.56. The zero-order valence-electron chi connectivity index (χ0n) is 18.4. The van der Waals surface area contributed by atoms with Crippen LogP contribution in [0.25, 0.3) is 0 Å². The second-order valence-electron chi connectivity index (χ2n) is 9.17. The van der Waals surface area contributed by atoms with Crippen molar-refractivity contribution in [2.75, 3.05) is 28.6 Å². The average Bonchev–Trinajstić information content (AvgIpc) is 2.65. The maximum absolute atomic E-state index is 13.0. The van der Waals surface area contributed by atoms with Crippen molar-refractivity contribution >= 4 is 29.3 Å². The van der Waals surface area contributed by atoms with Gasteiger partial charge in [-0.15, -0.1) is 0 Å². The number of nitrogens with zero attached hydrogens (tertiary/aromatic N) is 2. The first-order chi connectivity index (χ1) is 14.7. The molecule has 0 bridgehead atoms. The molecule has 2 amide bonds. The van der Waals surface area contributed by atoms with Crippen molar-refractivity contribution in [3.63, 3.8) is 0 Å². The van der Waals surface area contributed by atoms with E-state index in [4.69, 9.17) is 0 Å². The molecule has 2 aliphatic heterocycles. The van der Waals surface area contributed by atoms with Crippen LogP contribution in [0.1, 0.15) is 49.3 Å². The molecule has 2 aliphatic rings. The molecule has 4 rings (SSSR count). The van der Waals surface area contributed by atoms with Crippen LogP contribution in [0.2, 0.25) is 0 Å². The predicted octanol–water partition coefficient (Wildman–Crippen LogP) is 2.93. The van der Waals surface area contributed by atoms with E-state index in [1.165, 1.54) is 0 Å². The topological polar surface area (TPSA) is 107 Å². The minimum absolute atomic E-state index is 0.0917. The largest absolute Gasteiger partial charge is 0.342 e. The third kappa shape index (κ3) is 4.47. The van der Waals surface area contributed by atoms with Gasteiger partial charge in [0.15, 0.2) is 0 Å². The summed E-state index contributed by atoms with van der Waals surface area (Å²) in [7, 11) is 0. The van der Waals surface area contributed by atoms with E-state index in [0.717, 1.165) is 30.6 Å². The van der Waals surface area contributed by atoms with Crippen LogP contribution in [0.3, 0.4) is 0 Å². The number of aromatic nitrogens is 2. The standard InChI is InChI=1S/C23H29N5O3/c1-12-5-13(2)8-16(7-12)24-21(30)17-9-18(29)25-20-19(17)22(31)27-23(26-20)28-10-14(3)6-15(4)11-28/h5,7-8,14-15,17H,6,9-11H2,1-4H3,(H,24,30)(H2,25,26,27,29,31)/t14-,15-,17+/m0/s1. The maximum atomic E-state index is 13.0. The van der Waals surface area contributed by atoms with Crippen LogP contribution in [0.5, 0.6) is 0 Å². The highest BCUT2D eigenvalue weighted by Gasteiger charge is 2.35. The fourth-order valence-electron chi connectivity index (χ4n) is 4.85. The predicted molar refractivity (Wildman–Crippen MR) is 121 cm³/mol. The third-order valence-corrected chi connectivity index (χ3v) is 5.91. The Morgan fingerprint density at radius 3 is 2.39 bits per heavy atom.